The van der Waals surface area contributed by atoms with E-state index in [0.29, 0.717) is 30.3 Å². The molecule has 1 aromatic rings. The van der Waals surface area contributed by atoms with Gasteiger partial charge in [-0.25, -0.2) is 8.78 Å². The Labute approximate surface area is 97.5 Å². The summed E-state index contributed by atoms with van der Waals surface area (Å²) in [5.41, 5.74) is 6.18. The summed E-state index contributed by atoms with van der Waals surface area (Å²) < 4.78 is 36.4. The lowest BCUT2D eigenvalue weighted by molar-refractivity contribution is 0.146. The Morgan fingerprint density at radius 3 is 2.53 bits per heavy atom. The SMILES string of the molecule is NC1(c2cc(C(F)F)cc3c2OCCO3)CC1. The highest BCUT2D eigenvalue weighted by atomic mass is 19.3. The van der Waals surface area contributed by atoms with E-state index in [2.05, 4.69) is 0 Å². The summed E-state index contributed by atoms with van der Waals surface area (Å²) in [6.45, 7) is 0.820. The molecule has 3 rings (SSSR count). The van der Waals surface area contributed by atoms with Crippen molar-refractivity contribution < 1.29 is 18.3 Å². The zero-order valence-electron chi connectivity index (χ0n) is 9.21. The molecule has 1 heterocycles. The highest BCUT2D eigenvalue weighted by molar-refractivity contribution is 5.54. The molecule has 0 saturated heterocycles. The fourth-order valence-corrected chi connectivity index (χ4v) is 2.07. The number of benzene rings is 1. The average molecular weight is 241 g/mol. The van der Waals surface area contributed by atoms with Gasteiger partial charge in [0.05, 0.1) is 0 Å². The van der Waals surface area contributed by atoms with Crippen molar-refractivity contribution in [1.29, 1.82) is 0 Å². The average Bonchev–Trinajstić information content (AvgIpc) is 3.07. The predicted molar refractivity (Wildman–Crippen MR) is 57.5 cm³/mol. The van der Waals surface area contributed by atoms with Crippen molar-refractivity contribution in [3.8, 4) is 11.5 Å². The van der Waals surface area contributed by atoms with Crippen LogP contribution in [0.5, 0.6) is 11.5 Å². The van der Waals surface area contributed by atoms with Gasteiger partial charge >= 0.3 is 0 Å². The van der Waals surface area contributed by atoms with Gasteiger partial charge in [0.1, 0.15) is 13.2 Å². The topological polar surface area (TPSA) is 44.5 Å². The number of halogens is 2. The molecule has 0 aromatic heterocycles. The lowest BCUT2D eigenvalue weighted by Crippen LogP contribution is -2.24. The quantitative estimate of drug-likeness (QED) is 0.864. The second-order valence-corrected chi connectivity index (χ2v) is 4.55. The molecule has 0 unspecified atom stereocenters. The van der Waals surface area contributed by atoms with Gasteiger partial charge in [0.25, 0.3) is 6.43 Å². The number of hydrogen-bond acceptors (Lipinski definition) is 3. The summed E-state index contributed by atoms with van der Waals surface area (Å²) in [6, 6.07) is 2.79. The summed E-state index contributed by atoms with van der Waals surface area (Å²) in [5, 5.41) is 0. The van der Waals surface area contributed by atoms with Gasteiger partial charge in [0.2, 0.25) is 0 Å². The van der Waals surface area contributed by atoms with Crippen LogP contribution in [0.25, 0.3) is 0 Å². The fraction of sp³-hybridized carbons (Fsp3) is 0.500. The van der Waals surface area contributed by atoms with E-state index in [1.807, 2.05) is 0 Å². The van der Waals surface area contributed by atoms with Crippen molar-refractivity contribution in [3.63, 3.8) is 0 Å². The van der Waals surface area contributed by atoms with E-state index in [9.17, 15) is 8.78 Å². The Bertz CT molecular complexity index is 458. The molecule has 1 aliphatic heterocycles. The summed E-state index contributed by atoms with van der Waals surface area (Å²) in [7, 11) is 0. The second kappa shape index (κ2) is 3.57. The maximum absolute atomic E-state index is 12.8. The molecule has 5 heteroatoms. The summed E-state index contributed by atoms with van der Waals surface area (Å²) in [4.78, 5) is 0. The van der Waals surface area contributed by atoms with E-state index in [1.54, 1.807) is 0 Å². The van der Waals surface area contributed by atoms with Crippen molar-refractivity contribution in [2.45, 2.75) is 24.8 Å². The molecule has 0 amide bonds. The summed E-state index contributed by atoms with van der Waals surface area (Å²) >= 11 is 0. The van der Waals surface area contributed by atoms with E-state index in [4.69, 9.17) is 15.2 Å². The highest BCUT2D eigenvalue weighted by Gasteiger charge is 2.44. The van der Waals surface area contributed by atoms with Crippen LogP contribution in [0.1, 0.15) is 30.4 Å². The van der Waals surface area contributed by atoms with Gasteiger partial charge in [-0.2, -0.15) is 0 Å². The molecule has 2 N–H and O–H groups in total. The van der Waals surface area contributed by atoms with E-state index >= 15 is 0 Å². The van der Waals surface area contributed by atoms with Crippen molar-refractivity contribution in [3.05, 3.63) is 23.3 Å². The minimum absolute atomic E-state index is 0.0547. The fourth-order valence-electron chi connectivity index (χ4n) is 2.07. The lowest BCUT2D eigenvalue weighted by atomic mass is 10.0. The van der Waals surface area contributed by atoms with Gasteiger partial charge in [-0.1, -0.05) is 0 Å². The van der Waals surface area contributed by atoms with Crippen LogP contribution in [0.4, 0.5) is 8.78 Å². The van der Waals surface area contributed by atoms with E-state index in [-0.39, 0.29) is 5.56 Å². The minimum Gasteiger partial charge on any atom is -0.486 e. The maximum atomic E-state index is 12.8. The van der Waals surface area contributed by atoms with Gasteiger partial charge in [-0.05, 0) is 25.0 Å². The van der Waals surface area contributed by atoms with E-state index in [0.717, 1.165) is 12.8 Å². The molecule has 0 bridgehead atoms. The van der Waals surface area contributed by atoms with Crippen LogP contribution in [0.15, 0.2) is 12.1 Å². The number of hydrogen-bond donors (Lipinski definition) is 1. The molecule has 17 heavy (non-hydrogen) atoms. The molecule has 0 radical (unpaired) electrons. The molecule has 1 aromatic carbocycles. The first-order chi connectivity index (χ1) is 8.10. The predicted octanol–water partition coefficient (Wildman–Crippen LogP) is 2.34. The molecule has 3 nitrogen and oxygen atoms in total. The zero-order chi connectivity index (χ0) is 12.0. The third-order valence-corrected chi connectivity index (χ3v) is 3.24. The van der Waals surface area contributed by atoms with Gasteiger partial charge in [-0.3, -0.25) is 0 Å². The Morgan fingerprint density at radius 2 is 1.88 bits per heavy atom. The van der Waals surface area contributed by atoms with Crippen molar-refractivity contribution >= 4 is 0 Å². The summed E-state index contributed by atoms with van der Waals surface area (Å²) in [5.74, 6) is 0.932. The van der Waals surface area contributed by atoms with E-state index < -0.39 is 12.0 Å². The standard InChI is InChI=1S/C12H13F2NO2/c13-11(14)7-5-8(12(15)1-2-12)10-9(6-7)16-3-4-17-10/h5-6,11H,1-4,15H2. The number of ether oxygens (including phenoxy) is 2. The van der Waals surface area contributed by atoms with Gasteiger partial charge < -0.3 is 15.2 Å². The lowest BCUT2D eigenvalue weighted by Gasteiger charge is -2.24. The van der Waals surface area contributed by atoms with Crippen LogP contribution in [-0.4, -0.2) is 13.2 Å². The first-order valence-electron chi connectivity index (χ1n) is 5.61. The van der Waals surface area contributed by atoms with Gasteiger partial charge in [0, 0.05) is 16.7 Å². The normalized spacial score (nSPS) is 20.5. The summed E-state index contributed by atoms with van der Waals surface area (Å²) in [6.07, 6.45) is -0.919. The Hall–Kier alpha value is -1.36. The molecule has 0 spiro atoms. The Morgan fingerprint density at radius 1 is 1.18 bits per heavy atom. The maximum Gasteiger partial charge on any atom is 0.263 e. The zero-order valence-corrected chi connectivity index (χ0v) is 9.21. The van der Waals surface area contributed by atoms with E-state index in [1.165, 1.54) is 12.1 Å². The van der Waals surface area contributed by atoms with Crippen LogP contribution in [-0.2, 0) is 5.54 Å². The van der Waals surface area contributed by atoms with Crippen LogP contribution < -0.4 is 15.2 Å². The second-order valence-electron chi connectivity index (χ2n) is 4.55. The van der Waals surface area contributed by atoms with Crippen LogP contribution in [0.2, 0.25) is 0 Å². The monoisotopic (exact) mass is 241 g/mol. The van der Waals surface area contributed by atoms with Crippen molar-refractivity contribution in [1.82, 2.24) is 0 Å². The number of alkyl halides is 2. The number of nitrogens with two attached hydrogens (primary N) is 1. The molecular weight excluding hydrogens is 228 g/mol. The largest absolute Gasteiger partial charge is 0.486 e. The smallest absolute Gasteiger partial charge is 0.263 e. The number of fused-ring (bicyclic) bond motifs is 1. The van der Waals surface area contributed by atoms with Gasteiger partial charge in [-0.15, -0.1) is 0 Å². The molecule has 0 atom stereocenters. The molecular formula is C12H13F2NO2. The van der Waals surface area contributed by atoms with Crippen molar-refractivity contribution in [2.24, 2.45) is 5.73 Å². The Balaban J connectivity index is 2.13. The molecule has 2 aliphatic rings. The van der Waals surface area contributed by atoms with Crippen LogP contribution >= 0.6 is 0 Å². The van der Waals surface area contributed by atoms with Crippen LogP contribution in [0, 0.1) is 0 Å². The third-order valence-electron chi connectivity index (χ3n) is 3.24. The molecule has 1 fully saturated rings. The van der Waals surface area contributed by atoms with Crippen molar-refractivity contribution in [2.75, 3.05) is 13.2 Å². The third kappa shape index (κ3) is 1.74. The number of rotatable bonds is 2. The van der Waals surface area contributed by atoms with Crippen LogP contribution in [0.3, 0.4) is 0 Å². The first-order valence-corrected chi connectivity index (χ1v) is 5.61. The van der Waals surface area contributed by atoms with Gasteiger partial charge in [0.15, 0.2) is 11.5 Å². The Kier molecular flexibility index (Phi) is 2.26. The molecule has 1 aliphatic carbocycles. The highest BCUT2D eigenvalue weighted by Crippen LogP contribution is 2.51. The first kappa shape index (κ1) is 10.8. The molecule has 92 valence electrons. The molecule has 1 saturated carbocycles. The minimum atomic E-state index is -2.52.